The Kier molecular flexibility index (Phi) is 6.03. The molecule has 1 aliphatic rings. The Balaban J connectivity index is 1.74. The monoisotopic (exact) mass is 467 g/mol. The summed E-state index contributed by atoms with van der Waals surface area (Å²) in [5.41, 5.74) is 1.07. The molecule has 1 atom stereocenters. The molecule has 10 heteroatoms. The highest BCUT2D eigenvalue weighted by atomic mass is 32.2. The third-order valence-corrected chi connectivity index (χ3v) is 6.04. The summed E-state index contributed by atoms with van der Waals surface area (Å²) in [5.74, 6) is -0.171. The van der Waals surface area contributed by atoms with Crippen LogP contribution in [-0.2, 0) is 19.6 Å². The summed E-state index contributed by atoms with van der Waals surface area (Å²) in [6.07, 6.45) is 0. The van der Waals surface area contributed by atoms with Gasteiger partial charge in [0, 0.05) is 0 Å². The number of anilines is 2. The van der Waals surface area contributed by atoms with Crippen LogP contribution in [0.2, 0.25) is 0 Å². The van der Waals surface area contributed by atoms with Crippen molar-refractivity contribution in [1.29, 1.82) is 0 Å². The lowest BCUT2D eigenvalue weighted by atomic mass is 10.00. The van der Waals surface area contributed by atoms with E-state index in [1.165, 1.54) is 30.2 Å². The first-order chi connectivity index (χ1) is 15.8. The van der Waals surface area contributed by atoms with Crippen molar-refractivity contribution in [3.8, 4) is 11.5 Å². The van der Waals surface area contributed by atoms with Gasteiger partial charge in [0.1, 0.15) is 6.04 Å². The number of benzene rings is 3. The van der Waals surface area contributed by atoms with Gasteiger partial charge in [-0.1, -0.05) is 42.5 Å². The highest BCUT2D eigenvalue weighted by Gasteiger charge is 2.38. The second kappa shape index (κ2) is 8.93. The van der Waals surface area contributed by atoms with E-state index in [0.717, 1.165) is 0 Å². The van der Waals surface area contributed by atoms with E-state index in [4.69, 9.17) is 14.6 Å². The lowest BCUT2D eigenvalue weighted by molar-refractivity contribution is -0.125. The van der Waals surface area contributed by atoms with E-state index < -0.39 is 27.9 Å². The number of sulfonamides is 1. The van der Waals surface area contributed by atoms with Crippen molar-refractivity contribution < 1.29 is 27.5 Å². The summed E-state index contributed by atoms with van der Waals surface area (Å²) in [4.78, 5) is 27.6. The Morgan fingerprint density at radius 3 is 2.36 bits per heavy atom. The number of amides is 2. The smallest absolute Gasteiger partial charge is 0.266 e. The molecule has 0 saturated heterocycles. The molecule has 1 heterocycles. The fourth-order valence-electron chi connectivity index (χ4n) is 3.62. The number of carbonyl (C=O) groups is 2. The first kappa shape index (κ1) is 22.3. The van der Waals surface area contributed by atoms with E-state index in [1.807, 2.05) is 0 Å². The van der Waals surface area contributed by atoms with Gasteiger partial charge in [0.05, 0.1) is 23.4 Å². The molecule has 1 aliphatic heterocycles. The number of ether oxygens (including phenoxy) is 2. The number of hydrogen-bond donors (Lipinski definition) is 2. The Labute approximate surface area is 190 Å². The summed E-state index contributed by atoms with van der Waals surface area (Å²) < 4.78 is 34.5. The fraction of sp³-hybridized carbons (Fsp3) is 0.130. The van der Waals surface area contributed by atoms with Crippen molar-refractivity contribution in [1.82, 2.24) is 0 Å². The van der Waals surface area contributed by atoms with Crippen molar-refractivity contribution in [3.63, 3.8) is 0 Å². The number of para-hydroxylation sites is 2. The molecule has 0 spiro atoms. The molecule has 0 saturated carbocycles. The van der Waals surface area contributed by atoms with Crippen LogP contribution in [0.3, 0.4) is 0 Å². The van der Waals surface area contributed by atoms with Gasteiger partial charge in [-0.25, -0.2) is 13.6 Å². The standard InChI is InChI=1S/C23H21N3O6S/c1-31-19-9-5-6-10-20(19)32-14-21(27)26-18-12-11-16(33(24,29)30)13-17(18)25-23(28)22(26)15-7-3-2-4-8-15/h2-13,22H,14H2,1H3,(H,25,28)(H2,24,29,30). The van der Waals surface area contributed by atoms with Gasteiger partial charge >= 0.3 is 0 Å². The van der Waals surface area contributed by atoms with Crippen LogP contribution >= 0.6 is 0 Å². The molecule has 3 aromatic rings. The van der Waals surface area contributed by atoms with Crippen molar-refractivity contribution >= 4 is 33.2 Å². The van der Waals surface area contributed by atoms with Crippen LogP contribution in [-0.4, -0.2) is 33.9 Å². The SMILES string of the molecule is COc1ccccc1OCC(=O)N1c2ccc(S(N)(=O)=O)cc2NC(=O)C1c1ccccc1. The number of nitrogens with one attached hydrogen (secondary N) is 1. The zero-order chi connectivity index (χ0) is 23.6. The van der Waals surface area contributed by atoms with Gasteiger partial charge in [-0.3, -0.25) is 14.5 Å². The van der Waals surface area contributed by atoms with Crippen LogP contribution in [0.5, 0.6) is 11.5 Å². The number of methoxy groups -OCH3 is 1. The molecule has 170 valence electrons. The number of nitrogens with two attached hydrogens (primary N) is 1. The normalized spacial score (nSPS) is 15.4. The molecule has 0 radical (unpaired) electrons. The molecule has 2 amide bonds. The molecule has 33 heavy (non-hydrogen) atoms. The van der Waals surface area contributed by atoms with Crippen LogP contribution in [0.15, 0.2) is 77.7 Å². The van der Waals surface area contributed by atoms with E-state index in [0.29, 0.717) is 22.7 Å². The van der Waals surface area contributed by atoms with Gasteiger partial charge < -0.3 is 14.8 Å². The van der Waals surface area contributed by atoms with Gasteiger partial charge in [0.15, 0.2) is 18.1 Å². The highest BCUT2D eigenvalue weighted by molar-refractivity contribution is 7.89. The van der Waals surface area contributed by atoms with E-state index in [2.05, 4.69) is 5.32 Å². The number of nitrogens with zero attached hydrogens (tertiary/aromatic N) is 1. The Hall–Kier alpha value is -3.89. The predicted molar refractivity (Wildman–Crippen MR) is 122 cm³/mol. The second-order valence-electron chi connectivity index (χ2n) is 7.23. The van der Waals surface area contributed by atoms with Crippen molar-refractivity contribution in [2.75, 3.05) is 23.9 Å². The number of rotatable bonds is 6. The van der Waals surface area contributed by atoms with Crippen molar-refractivity contribution in [2.45, 2.75) is 10.9 Å². The van der Waals surface area contributed by atoms with Gasteiger partial charge in [-0.2, -0.15) is 0 Å². The third-order valence-electron chi connectivity index (χ3n) is 5.12. The van der Waals surface area contributed by atoms with Crippen LogP contribution in [0.1, 0.15) is 11.6 Å². The lowest BCUT2D eigenvalue weighted by Crippen LogP contribution is -2.47. The molecule has 1 unspecified atom stereocenters. The maximum atomic E-state index is 13.4. The Morgan fingerprint density at radius 2 is 1.70 bits per heavy atom. The Morgan fingerprint density at radius 1 is 1.03 bits per heavy atom. The van der Waals surface area contributed by atoms with E-state index in [9.17, 15) is 18.0 Å². The molecule has 0 aromatic heterocycles. The molecule has 3 aromatic carbocycles. The Bertz CT molecular complexity index is 1310. The van der Waals surface area contributed by atoms with Crippen LogP contribution in [0.25, 0.3) is 0 Å². The number of carbonyl (C=O) groups excluding carboxylic acids is 2. The van der Waals surface area contributed by atoms with E-state index in [1.54, 1.807) is 54.6 Å². The minimum absolute atomic E-state index is 0.157. The van der Waals surface area contributed by atoms with Crippen LogP contribution in [0.4, 0.5) is 11.4 Å². The number of hydrogen-bond acceptors (Lipinski definition) is 6. The lowest BCUT2D eigenvalue weighted by Gasteiger charge is -2.36. The first-order valence-electron chi connectivity index (χ1n) is 9.90. The van der Waals surface area contributed by atoms with Gasteiger partial charge in [0.25, 0.3) is 11.8 Å². The van der Waals surface area contributed by atoms with E-state index in [-0.39, 0.29) is 17.2 Å². The number of primary sulfonamides is 1. The molecular formula is C23H21N3O6S. The maximum Gasteiger partial charge on any atom is 0.266 e. The minimum Gasteiger partial charge on any atom is -0.493 e. The fourth-order valence-corrected chi connectivity index (χ4v) is 4.16. The summed E-state index contributed by atoms with van der Waals surface area (Å²) in [5, 5.41) is 7.91. The summed E-state index contributed by atoms with van der Waals surface area (Å²) in [7, 11) is -2.51. The van der Waals surface area contributed by atoms with Crippen LogP contribution < -0.4 is 24.8 Å². The average molecular weight is 468 g/mol. The van der Waals surface area contributed by atoms with Gasteiger partial charge in [0.2, 0.25) is 10.0 Å². The third kappa shape index (κ3) is 4.52. The summed E-state index contributed by atoms with van der Waals surface area (Å²) in [6, 6.07) is 18.6. The van der Waals surface area contributed by atoms with Crippen LogP contribution in [0, 0.1) is 0 Å². The highest BCUT2D eigenvalue weighted by Crippen LogP contribution is 2.39. The predicted octanol–water partition coefficient (Wildman–Crippen LogP) is 2.45. The molecule has 0 bridgehead atoms. The summed E-state index contributed by atoms with van der Waals surface area (Å²) >= 11 is 0. The van der Waals surface area contributed by atoms with Crippen molar-refractivity contribution in [2.24, 2.45) is 5.14 Å². The zero-order valence-electron chi connectivity index (χ0n) is 17.6. The molecular weight excluding hydrogens is 446 g/mol. The van der Waals surface area contributed by atoms with Crippen molar-refractivity contribution in [3.05, 3.63) is 78.4 Å². The van der Waals surface area contributed by atoms with Gasteiger partial charge in [-0.15, -0.1) is 0 Å². The molecule has 4 rings (SSSR count). The largest absolute Gasteiger partial charge is 0.493 e. The molecule has 0 aliphatic carbocycles. The number of fused-ring (bicyclic) bond motifs is 1. The quantitative estimate of drug-likeness (QED) is 0.573. The summed E-state index contributed by atoms with van der Waals surface area (Å²) in [6.45, 7) is -0.382. The average Bonchev–Trinajstić information content (AvgIpc) is 2.81. The maximum absolute atomic E-state index is 13.4. The topological polar surface area (TPSA) is 128 Å². The zero-order valence-corrected chi connectivity index (χ0v) is 18.4. The van der Waals surface area contributed by atoms with Gasteiger partial charge in [-0.05, 0) is 35.9 Å². The van der Waals surface area contributed by atoms with E-state index >= 15 is 0 Å². The minimum atomic E-state index is -4.00. The molecule has 9 nitrogen and oxygen atoms in total. The molecule has 0 fully saturated rings. The first-order valence-corrected chi connectivity index (χ1v) is 11.4. The second-order valence-corrected chi connectivity index (χ2v) is 8.79. The molecule has 3 N–H and O–H groups in total.